The molecule has 1 amide bonds. The first-order valence-electron chi connectivity index (χ1n) is 4.90. The van der Waals surface area contributed by atoms with Crippen LogP contribution in [0.4, 0.5) is 10.6 Å². The molecule has 0 aliphatic heterocycles. The molecule has 0 saturated heterocycles. The van der Waals surface area contributed by atoms with E-state index < -0.39 is 6.09 Å². The van der Waals surface area contributed by atoms with Gasteiger partial charge >= 0.3 is 6.09 Å². The number of anilines is 1. The summed E-state index contributed by atoms with van der Waals surface area (Å²) in [5, 5.41) is 7.83. The van der Waals surface area contributed by atoms with Crippen LogP contribution in [0.25, 0.3) is 11.2 Å². The fourth-order valence-corrected chi connectivity index (χ4v) is 1.26. The van der Waals surface area contributed by atoms with Gasteiger partial charge in [-0.05, 0) is 6.92 Å². The molecule has 0 spiro atoms. The number of nitrogens with zero attached hydrogens (tertiary/aromatic N) is 5. The van der Waals surface area contributed by atoms with Gasteiger partial charge in [0.15, 0.2) is 17.0 Å². The molecule has 0 aromatic carbocycles. The number of carbonyl (C=O) groups is 1. The van der Waals surface area contributed by atoms with E-state index in [2.05, 4.69) is 35.9 Å². The van der Waals surface area contributed by atoms with E-state index in [-0.39, 0.29) is 0 Å². The van der Waals surface area contributed by atoms with Crippen LogP contribution in [0.15, 0.2) is 6.33 Å². The van der Waals surface area contributed by atoms with E-state index in [1.165, 1.54) is 13.4 Å². The summed E-state index contributed by atoms with van der Waals surface area (Å²) >= 11 is 0. The molecule has 0 radical (unpaired) electrons. The third-order valence-electron chi connectivity index (χ3n) is 2.07. The molecular weight excluding hydrogens is 226 g/mol. The minimum Gasteiger partial charge on any atom is -0.452 e. The van der Waals surface area contributed by atoms with Gasteiger partial charge in [-0.25, -0.2) is 24.9 Å². The van der Waals surface area contributed by atoms with Crippen molar-refractivity contribution in [1.82, 2.24) is 30.4 Å². The number of hydrogen-bond donors (Lipinski definition) is 2. The summed E-state index contributed by atoms with van der Waals surface area (Å²) in [5.41, 5.74) is 5.95. The second-order valence-corrected chi connectivity index (χ2v) is 3.04. The van der Waals surface area contributed by atoms with E-state index in [4.69, 9.17) is 0 Å². The molecule has 0 aliphatic carbocycles. The monoisotopic (exact) mass is 237 g/mol. The third kappa shape index (κ3) is 2.07. The van der Waals surface area contributed by atoms with Gasteiger partial charge in [-0.1, -0.05) is 5.21 Å². The number of carbonyl (C=O) groups excluding carboxylic acids is 1. The Bertz CT molecular complexity index is 538. The highest BCUT2D eigenvalue weighted by atomic mass is 16.5. The van der Waals surface area contributed by atoms with Crippen LogP contribution >= 0.6 is 0 Å². The van der Waals surface area contributed by atoms with Gasteiger partial charge < -0.3 is 4.74 Å². The Labute approximate surface area is 96.2 Å². The molecule has 0 saturated carbocycles. The lowest BCUT2D eigenvalue weighted by atomic mass is 10.5. The quantitative estimate of drug-likeness (QED) is 0.719. The van der Waals surface area contributed by atoms with Crippen LogP contribution in [0.2, 0.25) is 0 Å². The number of amides is 1. The zero-order valence-corrected chi connectivity index (χ0v) is 9.34. The normalized spacial score (nSPS) is 10.2. The van der Waals surface area contributed by atoms with Crippen molar-refractivity contribution in [1.29, 1.82) is 0 Å². The largest absolute Gasteiger partial charge is 0.452 e. The second-order valence-electron chi connectivity index (χ2n) is 3.04. The van der Waals surface area contributed by atoms with Crippen molar-refractivity contribution in [3.05, 3.63) is 6.33 Å². The van der Waals surface area contributed by atoms with Crippen LogP contribution < -0.4 is 10.9 Å². The molecule has 9 heteroatoms. The van der Waals surface area contributed by atoms with Gasteiger partial charge in [0.1, 0.15) is 6.33 Å². The molecule has 90 valence electrons. The van der Waals surface area contributed by atoms with Crippen molar-refractivity contribution < 1.29 is 9.53 Å². The fraction of sp³-hybridized carbons (Fsp3) is 0.375. The number of rotatable bonds is 3. The van der Waals surface area contributed by atoms with Gasteiger partial charge in [0.05, 0.1) is 7.11 Å². The maximum Gasteiger partial charge on any atom is 0.425 e. The number of hydrazine groups is 1. The SMILES string of the molecule is CCn1nnc2c(NNC(=O)OC)ncnc21. The molecule has 0 atom stereocenters. The van der Waals surface area contributed by atoms with Gasteiger partial charge in [0.2, 0.25) is 0 Å². The number of nitrogens with one attached hydrogen (secondary N) is 2. The van der Waals surface area contributed by atoms with E-state index >= 15 is 0 Å². The van der Waals surface area contributed by atoms with Crippen molar-refractivity contribution in [2.45, 2.75) is 13.5 Å². The number of fused-ring (bicyclic) bond motifs is 1. The Kier molecular flexibility index (Phi) is 2.99. The van der Waals surface area contributed by atoms with E-state index in [0.717, 1.165) is 0 Å². The van der Waals surface area contributed by atoms with E-state index in [1.807, 2.05) is 6.92 Å². The van der Waals surface area contributed by atoms with E-state index in [0.29, 0.717) is 23.5 Å². The summed E-state index contributed by atoms with van der Waals surface area (Å²) in [6, 6.07) is 0. The van der Waals surface area contributed by atoms with E-state index in [9.17, 15) is 4.79 Å². The fourth-order valence-electron chi connectivity index (χ4n) is 1.26. The zero-order valence-electron chi connectivity index (χ0n) is 9.34. The zero-order chi connectivity index (χ0) is 12.3. The predicted octanol–water partition coefficient (Wildman–Crippen LogP) is -0.0759. The Morgan fingerprint density at radius 1 is 1.53 bits per heavy atom. The lowest BCUT2D eigenvalue weighted by Crippen LogP contribution is -2.29. The Hall–Kier alpha value is -2.45. The van der Waals surface area contributed by atoms with Crippen LogP contribution in [-0.2, 0) is 11.3 Å². The molecule has 0 bridgehead atoms. The molecule has 17 heavy (non-hydrogen) atoms. The highest BCUT2D eigenvalue weighted by Crippen LogP contribution is 2.14. The van der Waals surface area contributed by atoms with Crippen LogP contribution in [-0.4, -0.2) is 38.2 Å². The minimum absolute atomic E-state index is 0.361. The minimum atomic E-state index is -0.625. The summed E-state index contributed by atoms with van der Waals surface area (Å²) in [7, 11) is 1.26. The van der Waals surface area contributed by atoms with Crippen LogP contribution in [0.3, 0.4) is 0 Å². The highest BCUT2D eigenvalue weighted by molar-refractivity contribution is 5.82. The molecule has 2 aromatic heterocycles. The summed E-state index contributed by atoms with van der Waals surface area (Å²) < 4.78 is 6.04. The molecule has 2 aromatic rings. The van der Waals surface area contributed by atoms with Crippen LogP contribution in [0.1, 0.15) is 6.92 Å². The van der Waals surface area contributed by atoms with Gasteiger partial charge in [0.25, 0.3) is 0 Å². The molecule has 2 heterocycles. The Morgan fingerprint density at radius 2 is 2.35 bits per heavy atom. The number of ether oxygens (including phenoxy) is 1. The van der Waals surface area contributed by atoms with Gasteiger partial charge in [-0.15, -0.1) is 5.10 Å². The maximum absolute atomic E-state index is 10.9. The standard InChI is InChI=1S/C8H11N7O2/c1-3-15-7-5(11-14-15)6(9-4-10-7)12-13-8(16)17-2/h4H,3H2,1-2H3,(H,13,16)(H,9,10,12). The molecule has 9 nitrogen and oxygen atoms in total. The second kappa shape index (κ2) is 4.60. The van der Waals surface area contributed by atoms with Crippen molar-refractivity contribution in [2.24, 2.45) is 0 Å². The molecule has 0 unspecified atom stereocenters. The molecule has 0 aliphatic rings. The van der Waals surface area contributed by atoms with Crippen molar-refractivity contribution in [3.63, 3.8) is 0 Å². The van der Waals surface area contributed by atoms with Crippen molar-refractivity contribution in [3.8, 4) is 0 Å². The maximum atomic E-state index is 10.9. The van der Waals surface area contributed by atoms with E-state index in [1.54, 1.807) is 4.68 Å². The van der Waals surface area contributed by atoms with Gasteiger partial charge in [-0.3, -0.25) is 5.43 Å². The van der Waals surface area contributed by atoms with Crippen LogP contribution in [0, 0.1) is 0 Å². The number of hydrogen-bond acceptors (Lipinski definition) is 7. The van der Waals surface area contributed by atoms with Crippen molar-refractivity contribution >= 4 is 23.1 Å². The summed E-state index contributed by atoms with van der Waals surface area (Å²) in [6.45, 7) is 2.58. The molecule has 0 fully saturated rings. The molecule has 2 N–H and O–H groups in total. The van der Waals surface area contributed by atoms with Crippen molar-refractivity contribution in [2.75, 3.05) is 12.5 Å². The Balaban J connectivity index is 2.28. The first-order valence-corrected chi connectivity index (χ1v) is 4.90. The smallest absolute Gasteiger partial charge is 0.425 e. The summed E-state index contributed by atoms with van der Waals surface area (Å²) in [6.07, 6.45) is 0.735. The molecular formula is C8H11N7O2. The topological polar surface area (TPSA) is 107 Å². The van der Waals surface area contributed by atoms with Gasteiger partial charge in [0, 0.05) is 6.54 Å². The lowest BCUT2D eigenvalue weighted by molar-refractivity contribution is 0.173. The lowest BCUT2D eigenvalue weighted by Gasteiger charge is -2.05. The first kappa shape index (κ1) is 11.0. The summed E-state index contributed by atoms with van der Waals surface area (Å²) in [4.78, 5) is 18.9. The molecule has 2 rings (SSSR count). The Morgan fingerprint density at radius 3 is 3.06 bits per heavy atom. The number of methoxy groups -OCH3 is 1. The third-order valence-corrected chi connectivity index (χ3v) is 2.07. The highest BCUT2D eigenvalue weighted by Gasteiger charge is 2.10. The van der Waals surface area contributed by atoms with Gasteiger partial charge in [-0.2, -0.15) is 0 Å². The summed E-state index contributed by atoms with van der Waals surface area (Å²) in [5.74, 6) is 0.361. The van der Waals surface area contributed by atoms with Crippen LogP contribution in [0.5, 0.6) is 0 Å². The number of aromatic nitrogens is 5. The first-order chi connectivity index (χ1) is 8.26. The average molecular weight is 237 g/mol. The predicted molar refractivity (Wildman–Crippen MR) is 58.0 cm³/mol. The number of aryl methyl sites for hydroxylation is 1. The average Bonchev–Trinajstić information content (AvgIpc) is 2.79.